The van der Waals surface area contributed by atoms with Crippen LogP contribution in [0, 0.1) is 12.3 Å². The van der Waals surface area contributed by atoms with E-state index in [4.69, 9.17) is 5.41 Å². The first-order valence-electron chi connectivity index (χ1n) is 4.22. The first kappa shape index (κ1) is 11.0. The summed E-state index contributed by atoms with van der Waals surface area (Å²) in [5, 5.41) is 7.90. The van der Waals surface area contributed by atoms with Crippen LogP contribution >= 0.6 is 15.9 Å². The minimum atomic E-state index is -0.143. The van der Waals surface area contributed by atoms with Crippen LogP contribution in [0.25, 0.3) is 0 Å². The van der Waals surface area contributed by atoms with Crippen molar-refractivity contribution in [3.05, 3.63) is 29.6 Å². The molecule has 0 spiro atoms. The van der Waals surface area contributed by atoms with Crippen molar-refractivity contribution >= 4 is 27.9 Å². The maximum absolute atomic E-state index is 7.90. The molecular formula is C10H12BrN3. The number of nitrogens with zero attached hydrogens (tertiary/aromatic N) is 2. The number of pyridine rings is 1. The molecule has 0 amide bonds. The minimum Gasteiger partial charge on any atom is -0.303 e. The molecule has 1 aromatic rings. The Morgan fingerprint density at radius 2 is 2.43 bits per heavy atom. The van der Waals surface area contributed by atoms with Crippen molar-refractivity contribution in [2.24, 2.45) is 4.99 Å². The lowest BCUT2D eigenvalue weighted by molar-refractivity contribution is 1.25. The van der Waals surface area contributed by atoms with E-state index in [1.807, 2.05) is 13.0 Å². The van der Waals surface area contributed by atoms with Gasteiger partial charge in [-0.25, -0.2) is 0 Å². The molecule has 0 radical (unpaired) electrons. The molecule has 0 saturated heterocycles. The summed E-state index contributed by atoms with van der Waals surface area (Å²) < 4.78 is 0. The summed E-state index contributed by atoms with van der Waals surface area (Å²) in [7, 11) is 1.69. The molecule has 0 aliphatic rings. The van der Waals surface area contributed by atoms with Crippen molar-refractivity contribution in [2.45, 2.75) is 11.8 Å². The smallest absolute Gasteiger partial charge is 0.0914 e. The number of aromatic nitrogens is 1. The number of rotatable bonds is 3. The van der Waals surface area contributed by atoms with Gasteiger partial charge in [0.2, 0.25) is 0 Å². The lowest BCUT2D eigenvalue weighted by Gasteiger charge is -2.08. The van der Waals surface area contributed by atoms with Gasteiger partial charge in [0.15, 0.2) is 0 Å². The van der Waals surface area contributed by atoms with Crippen LogP contribution in [0.4, 0.5) is 0 Å². The highest BCUT2D eigenvalue weighted by molar-refractivity contribution is 9.10. The van der Waals surface area contributed by atoms with E-state index in [1.165, 1.54) is 0 Å². The summed E-state index contributed by atoms with van der Waals surface area (Å²) >= 11 is 3.37. The van der Waals surface area contributed by atoms with Gasteiger partial charge in [-0.15, -0.1) is 0 Å². The standard InChI is InChI=1S/C10H12BrN3/c1-7-3-4-14-5-8(7)10(12)9(11)6-13-2/h3-6,9,12H,1-2H3. The van der Waals surface area contributed by atoms with Gasteiger partial charge in [0.25, 0.3) is 0 Å². The Bertz CT molecular complexity index is 360. The molecule has 1 unspecified atom stereocenters. The van der Waals surface area contributed by atoms with Gasteiger partial charge in [0, 0.05) is 31.2 Å². The lowest BCUT2D eigenvalue weighted by Crippen LogP contribution is -2.16. The first-order chi connectivity index (χ1) is 6.66. The van der Waals surface area contributed by atoms with E-state index in [2.05, 4.69) is 25.9 Å². The molecule has 0 saturated carbocycles. The quantitative estimate of drug-likeness (QED) is 0.652. The second-order valence-electron chi connectivity index (χ2n) is 2.91. The van der Waals surface area contributed by atoms with Crippen LogP contribution < -0.4 is 0 Å². The average molecular weight is 254 g/mol. The van der Waals surface area contributed by atoms with Crippen LogP contribution in [-0.4, -0.2) is 28.8 Å². The molecule has 1 heterocycles. The van der Waals surface area contributed by atoms with Crippen molar-refractivity contribution < 1.29 is 0 Å². The number of hydrogen-bond acceptors (Lipinski definition) is 3. The molecule has 0 aliphatic carbocycles. The second kappa shape index (κ2) is 5.00. The maximum Gasteiger partial charge on any atom is 0.0914 e. The fourth-order valence-corrected chi connectivity index (χ4v) is 1.58. The predicted octanol–water partition coefficient (Wildman–Crippen LogP) is 2.22. The highest BCUT2D eigenvalue weighted by atomic mass is 79.9. The highest BCUT2D eigenvalue weighted by Crippen LogP contribution is 2.11. The van der Waals surface area contributed by atoms with Crippen molar-refractivity contribution in [1.82, 2.24) is 4.98 Å². The fraction of sp³-hybridized carbons (Fsp3) is 0.300. The van der Waals surface area contributed by atoms with E-state index in [-0.39, 0.29) is 4.83 Å². The van der Waals surface area contributed by atoms with Gasteiger partial charge >= 0.3 is 0 Å². The summed E-state index contributed by atoms with van der Waals surface area (Å²) in [6.07, 6.45) is 5.12. The Balaban J connectivity index is 2.95. The van der Waals surface area contributed by atoms with Crippen molar-refractivity contribution in [1.29, 1.82) is 5.41 Å². The molecule has 0 aliphatic heterocycles. The number of nitrogens with one attached hydrogen (secondary N) is 1. The molecule has 3 nitrogen and oxygen atoms in total. The van der Waals surface area contributed by atoms with Gasteiger partial charge in [-0.3, -0.25) is 9.98 Å². The average Bonchev–Trinajstić information content (AvgIpc) is 2.18. The zero-order chi connectivity index (χ0) is 10.6. The number of hydrogen-bond donors (Lipinski definition) is 1. The molecule has 1 atom stereocenters. The number of aliphatic imine (C=N–C) groups is 1. The summed E-state index contributed by atoms with van der Waals surface area (Å²) in [6, 6.07) is 1.90. The van der Waals surface area contributed by atoms with Crippen LogP contribution in [0.15, 0.2) is 23.5 Å². The van der Waals surface area contributed by atoms with Crippen molar-refractivity contribution in [2.75, 3.05) is 7.05 Å². The van der Waals surface area contributed by atoms with Crippen LogP contribution in [0.2, 0.25) is 0 Å². The third-order valence-corrected chi connectivity index (χ3v) is 2.58. The van der Waals surface area contributed by atoms with E-state index in [1.54, 1.807) is 25.7 Å². The first-order valence-corrected chi connectivity index (χ1v) is 5.14. The molecule has 1 aromatic heterocycles. The van der Waals surface area contributed by atoms with E-state index in [9.17, 15) is 0 Å². The van der Waals surface area contributed by atoms with Gasteiger partial charge in [-0.05, 0) is 18.6 Å². The predicted molar refractivity (Wildman–Crippen MR) is 62.9 cm³/mol. The monoisotopic (exact) mass is 253 g/mol. The van der Waals surface area contributed by atoms with Gasteiger partial charge < -0.3 is 5.41 Å². The number of halogens is 1. The van der Waals surface area contributed by atoms with Gasteiger partial charge in [-0.2, -0.15) is 0 Å². The van der Waals surface area contributed by atoms with E-state index >= 15 is 0 Å². The second-order valence-corrected chi connectivity index (χ2v) is 3.90. The molecular weight excluding hydrogens is 242 g/mol. The molecule has 4 heteroatoms. The van der Waals surface area contributed by atoms with E-state index in [0.29, 0.717) is 5.71 Å². The normalized spacial score (nSPS) is 13.1. The number of aryl methyl sites for hydroxylation is 1. The van der Waals surface area contributed by atoms with E-state index < -0.39 is 0 Å². The topological polar surface area (TPSA) is 49.1 Å². The Hall–Kier alpha value is -1.03. The Kier molecular flexibility index (Phi) is 3.95. The summed E-state index contributed by atoms with van der Waals surface area (Å²) in [4.78, 5) is 7.74. The zero-order valence-electron chi connectivity index (χ0n) is 8.16. The zero-order valence-corrected chi connectivity index (χ0v) is 9.75. The molecule has 1 N–H and O–H groups in total. The largest absolute Gasteiger partial charge is 0.303 e. The SMILES string of the molecule is CN=CC(Br)C(=N)c1cnccc1C. The molecule has 0 fully saturated rings. The van der Waals surface area contributed by atoms with Crippen LogP contribution in [0.3, 0.4) is 0 Å². The summed E-state index contributed by atoms with van der Waals surface area (Å²) in [6.45, 7) is 1.97. The minimum absolute atomic E-state index is 0.143. The van der Waals surface area contributed by atoms with Crippen molar-refractivity contribution in [3.63, 3.8) is 0 Å². The van der Waals surface area contributed by atoms with Crippen LogP contribution in [-0.2, 0) is 0 Å². The van der Waals surface area contributed by atoms with Crippen LogP contribution in [0.5, 0.6) is 0 Å². The Morgan fingerprint density at radius 3 is 3.00 bits per heavy atom. The Morgan fingerprint density at radius 1 is 1.71 bits per heavy atom. The fourth-order valence-electron chi connectivity index (χ4n) is 1.10. The summed E-state index contributed by atoms with van der Waals surface area (Å²) in [5.74, 6) is 0. The molecule has 0 bridgehead atoms. The van der Waals surface area contributed by atoms with Gasteiger partial charge in [0.1, 0.15) is 0 Å². The third kappa shape index (κ3) is 2.48. The highest BCUT2D eigenvalue weighted by Gasteiger charge is 2.12. The molecule has 1 rings (SSSR count). The molecule has 14 heavy (non-hydrogen) atoms. The number of alkyl halides is 1. The van der Waals surface area contributed by atoms with Gasteiger partial charge in [-0.1, -0.05) is 15.9 Å². The van der Waals surface area contributed by atoms with Crippen LogP contribution in [0.1, 0.15) is 11.1 Å². The van der Waals surface area contributed by atoms with Crippen molar-refractivity contribution in [3.8, 4) is 0 Å². The molecule has 74 valence electrons. The summed E-state index contributed by atoms with van der Waals surface area (Å²) in [5.41, 5.74) is 2.40. The van der Waals surface area contributed by atoms with E-state index in [0.717, 1.165) is 11.1 Å². The molecule has 0 aromatic carbocycles. The maximum atomic E-state index is 7.90. The van der Waals surface area contributed by atoms with Gasteiger partial charge in [0.05, 0.1) is 10.5 Å². The lowest BCUT2D eigenvalue weighted by atomic mass is 10.1. The Labute approximate surface area is 91.9 Å². The third-order valence-electron chi connectivity index (χ3n) is 1.88.